The molecule has 0 bridgehead atoms. The van der Waals surface area contributed by atoms with Gasteiger partial charge in [-0.2, -0.15) is 5.26 Å². The van der Waals surface area contributed by atoms with Gasteiger partial charge in [0.1, 0.15) is 11.6 Å². The predicted molar refractivity (Wildman–Crippen MR) is 125 cm³/mol. The Bertz CT molecular complexity index is 1190. The van der Waals surface area contributed by atoms with Crippen molar-refractivity contribution in [2.45, 2.75) is 13.3 Å². The van der Waals surface area contributed by atoms with Crippen molar-refractivity contribution in [2.24, 2.45) is 0 Å². The van der Waals surface area contributed by atoms with Gasteiger partial charge in [-0.1, -0.05) is 54.1 Å². The van der Waals surface area contributed by atoms with Gasteiger partial charge >= 0.3 is 5.97 Å². The first kappa shape index (κ1) is 22.8. The second-order valence-electron chi connectivity index (χ2n) is 6.89. The standard InChI is InChI=1S/C26H21ClN2O3/c1-2-32-26(31)18-11-13-23(14-12-18)29-25(30)22(17-28)16-20-8-4-3-7-19(20)15-21-9-5-6-10-24(21)27/h3-14,16H,2,15H2,1H3,(H,29,30)/b22-16+. The second-order valence-corrected chi connectivity index (χ2v) is 7.30. The summed E-state index contributed by atoms with van der Waals surface area (Å²) in [5, 5.41) is 12.9. The van der Waals surface area contributed by atoms with E-state index >= 15 is 0 Å². The Labute approximate surface area is 191 Å². The van der Waals surface area contributed by atoms with Gasteiger partial charge in [0.15, 0.2) is 0 Å². The van der Waals surface area contributed by atoms with Crippen molar-refractivity contribution in [3.8, 4) is 6.07 Å². The van der Waals surface area contributed by atoms with Crippen LogP contribution in [0.25, 0.3) is 6.08 Å². The molecule has 1 N–H and O–H groups in total. The number of carbonyl (C=O) groups excluding carboxylic acids is 2. The average Bonchev–Trinajstić information content (AvgIpc) is 2.80. The summed E-state index contributed by atoms with van der Waals surface area (Å²) < 4.78 is 4.95. The minimum Gasteiger partial charge on any atom is -0.462 e. The molecule has 6 heteroatoms. The zero-order valence-corrected chi connectivity index (χ0v) is 18.2. The van der Waals surface area contributed by atoms with Crippen LogP contribution in [0.3, 0.4) is 0 Å². The minimum absolute atomic E-state index is 0.0360. The van der Waals surface area contributed by atoms with E-state index < -0.39 is 11.9 Å². The van der Waals surface area contributed by atoms with Crippen LogP contribution in [0.2, 0.25) is 5.02 Å². The highest BCUT2D eigenvalue weighted by molar-refractivity contribution is 6.31. The Balaban J connectivity index is 1.79. The molecular formula is C26H21ClN2O3. The lowest BCUT2D eigenvalue weighted by Gasteiger charge is -2.09. The quantitative estimate of drug-likeness (QED) is 0.290. The third-order valence-corrected chi connectivity index (χ3v) is 5.08. The first-order valence-corrected chi connectivity index (χ1v) is 10.4. The number of amides is 1. The number of hydrogen-bond acceptors (Lipinski definition) is 4. The maximum Gasteiger partial charge on any atom is 0.338 e. The fraction of sp³-hybridized carbons (Fsp3) is 0.115. The van der Waals surface area contributed by atoms with Crippen LogP contribution in [0, 0.1) is 11.3 Å². The van der Waals surface area contributed by atoms with Crippen LogP contribution in [-0.2, 0) is 16.0 Å². The monoisotopic (exact) mass is 444 g/mol. The SMILES string of the molecule is CCOC(=O)c1ccc(NC(=O)/C(C#N)=C/c2ccccc2Cc2ccccc2Cl)cc1. The van der Waals surface area contributed by atoms with Gasteiger partial charge in [-0.05, 0) is 66.4 Å². The molecule has 0 aliphatic heterocycles. The number of nitrogens with zero attached hydrogens (tertiary/aromatic N) is 1. The van der Waals surface area contributed by atoms with Gasteiger partial charge < -0.3 is 10.1 Å². The lowest BCUT2D eigenvalue weighted by Crippen LogP contribution is -2.14. The number of nitrogens with one attached hydrogen (secondary N) is 1. The zero-order valence-electron chi connectivity index (χ0n) is 17.5. The molecule has 0 heterocycles. The van der Waals surface area contributed by atoms with Gasteiger partial charge in [0, 0.05) is 10.7 Å². The van der Waals surface area contributed by atoms with Crippen LogP contribution in [0.1, 0.15) is 34.0 Å². The Hall–Kier alpha value is -3.88. The smallest absolute Gasteiger partial charge is 0.338 e. The first-order valence-electron chi connectivity index (χ1n) is 10.0. The molecule has 0 aliphatic rings. The van der Waals surface area contributed by atoms with Gasteiger partial charge in [-0.25, -0.2) is 4.79 Å². The molecule has 0 saturated heterocycles. The minimum atomic E-state index is -0.538. The summed E-state index contributed by atoms with van der Waals surface area (Å²) in [7, 11) is 0. The lowest BCUT2D eigenvalue weighted by atomic mass is 9.98. The van der Waals surface area contributed by atoms with Crippen molar-refractivity contribution in [2.75, 3.05) is 11.9 Å². The topological polar surface area (TPSA) is 79.2 Å². The Kier molecular flexibility index (Phi) is 7.80. The average molecular weight is 445 g/mol. The number of ether oxygens (including phenoxy) is 1. The van der Waals surface area contributed by atoms with Crippen molar-refractivity contribution in [3.63, 3.8) is 0 Å². The number of rotatable bonds is 7. The van der Waals surface area contributed by atoms with Crippen LogP contribution in [0.15, 0.2) is 78.4 Å². The maximum atomic E-state index is 12.7. The fourth-order valence-electron chi connectivity index (χ4n) is 3.09. The number of esters is 1. The molecule has 5 nitrogen and oxygen atoms in total. The van der Waals surface area contributed by atoms with E-state index in [-0.39, 0.29) is 12.2 Å². The molecule has 160 valence electrons. The molecular weight excluding hydrogens is 424 g/mol. The van der Waals surface area contributed by atoms with Gasteiger partial charge in [0.2, 0.25) is 0 Å². The molecule has 0 unspecified atom stereocenters. The largest absolute Gasteiger partial charge is 0.462 e. The molecule has 32 heavy (non-hydrogen) atoms. The van der Waals surface area contributed by atoms with Crippen LogP contribution >= 0.6 is 11.6 Å². The van der Waals surface area contributed by atoms with Crippen LogP contribution < -0.4 is 5.32 Å². The molecule has 0 atom stereocenters. The molecule has 0 spiro atoms. The van der Waals surface area contributed by atoms with E-state index in [9.17, 15) is 14.9 Å². The van der Waals surface area contributed by atoms with E-state index in [0.717, 1.165) is 16.7 Å². The highest BCUT2D eigenvalue weighted by Crippen LogP contribution is 2.22. The summed E-state index contributed by atoms with van der Waals surface area (Å²) in [4.78, 5) is 24.4. The van der Waals surface area contributed by atoms with Crippen molar-refractivity contribution in [1.82, 2.24) is 0 Å². The number of hydrogen-bond donors (Lipinski definition) is 1. The number of halogens is 1. The molecule has 0 aliphatic carbocycles. The van der Waals surface area contributed by atoms with E-state index in [2.05, 4.69) is 5.32 Å². The molecule has 0 saturated carbocycles. The fourth-order valence-corrected chi connectivity index (χ4v) is 3.29. The van der Waals surface area contributed by atoms with Gasteiger partial charge in [-0.15, -0.1) is 0 Å². The summed E-state index contributed by atoms with van der Waals surface area (Å²) in [6.45, 7) is 2.01. The van der Waals surface area contributed by atoms with E-state index in [1.807, 2.05) is 54.6 Å². The number of nitriles is 1. The third-order valence-electron chi connectivity index (χ3n) is 4.71. The zero-order chi connectivity index (χ0) is 22.9. The number of carbonyl (C=O) groups is 2. The van der Waals surface area contributed by atoms with Gasteiger partial charge in [0.05, 0.1) is 12.2 Å². The number of anilines is 1. The van der Waals surface area contributed by atoms with E-state index in [4.69, 9.17) is 16.3 Å². The van der Waals surface area contributed by atoms with Crippen molar-refractivity contribution in [1.29, 1.82) is 5.26 Å². The summed E-state index contributed by atoms with van der Waals surface area (Å²) in [6, 6.07) is 23.4. The lowest BCUT2D eigenvalue weighted by molar-refractivity contribution is -0.112. The van der Waals surface area contributed by atoms with Crippen molar-refractivity contribution >= 4 is 35.2 Å². The van der Waals surface area contributed by atoms with Crippen LogP contribution in [0.4, 0.5) is 5.69 Å². The van der Waals surface area contributed by atoms with E-state index in [0.29, 0.717) is 22.7 Å². The Morgan fingerprint density at radius 2 is 1.66 bits per heavy atom. The van der Waals surface area contributed by atoms with E-state index in [1.54, 1.807) is 37.3 Å². The van der Waals surface area contributed by atoms with Crippen molar-refractivity contribution in [3.05, 3.63) is 106 Å². The molecule has 3 rings (SSSR count). The van der Waals surface area contributed by atoms with E-state index in [1.165, 1.54) is 0 Å². The normalized spacial score (nSPS) is 10.8. The molecule has 0 aromatic heterocycles. The molecule has 3 aromatic rings. The second kappa shape index (κ2) is 10.9. The number of benzene rings is 3. The van der Waals surface area contributed by atoms with Gasteiger partial charge in [-0.3, -0.25) is 4.79 Å². The maximum absolute atomic E-state index is 12.7. The van der Waals surface area contributed by atoms with Crippen molar-refractivity contribution < 1.29 is 14.3 Å². The van der Waals surface area contributed by atoms with Crippen LogP contribution in [-0.4, -0.2) is 18.5 Å². The third kappa shape index (κ3) is 5.84. The van der Waals surface area contributed by atoms with Crippen LogP contribution in [0.5, 0.6) is 0 Å². The Morgan fingerprint density at radius 3 is 2.31 bits per heavy atom. The molecule has 1 amide bonds. The first-order chi connectivity index (χ1) is 15.5. The summed E-state index contributed by atoms with van der Waals surface area (Å²) in [5.74, 6) is -0.970. The predicted octanol–water partition coefficient (Wildman–Crippen LogP) is 5.65. The Morgan fingerprint density at radius 1 is 1.00 bits per heavy atom. The summed E-state index contributed by atoms with van der Waals surface area (Å²) >= 11 is 6.29. The molecule has 0 fully saturated rings. The summed E-state index contributed by atoms with van der Waals surface area (Å²) in [5.41, 5.74) is 3.48. The van der Waals surface area contributed by atoms with Gasteiger partial charge in [0.25, 0.3) is 5.91 Å². The highest BCUT2D eigenvalue weighted by atomic mass is 35.5. The molecule has 0 radical (unpaired) electrons. The summed E-state index contributed by atoms with van der Waals surface area (Å²) in [6.07, 6.45) is 2.14. The highest BCUT2D eigenvalue weighted by Gasteiger charge is 2.13. The molecule has 3 aromatic carbocycles.